The number of esters is 1. The van der Waals surface area contributed by atoms with Gasteiger partial charge >= 0.3 is 18.0 Å². The molecule has 1 aliphatic heterocycles. The predicted molar refractivity (Wildman–Crippen MR) is 112 cm³/mol. The van der Waals surface area contributed by atoms with Crippen molar-refractivity contribution in [2.45, 2.75) is 32.5 Å². The fraction of sp³-hybridized carbons (Fsp3) is 0.348. The number of hydrogen-bond acceptors (Lipinski definition) is 6. The molecule has 0 aromatic heterocycles. The first kappa shape index (κ1) is 22.3. The zero-order chi connectivity index (χ0) is 22.2. The van der Waals surface area contributed by atoms with Gasteiger partial charge < -0.3 is 19.5 Å². The second-order valence-electron chi connectivity index (χ2n) is 7.51. The van der Waals surface area contributed by atoms with Crippen molar-refractivity contribution in [1.29, 1.82) is 0 Å². The molecule has 1 atom stereocenters. The Kier molecular flexibility index (Phi) is 7.61. The van der Waals surface area contributed by atoms with Crippen LogP contribution in [-0.2, 0) is 27.5 Å². The van der Waals surface area contributed by atoms with E-state index in [1.54, 1.807) is 17.0 Å². The summed E-state index contributed by atoms with van der Waals surface area (Å²) in [5, 5.41) is 8.61. The fourth-order valence-corrected chi connectivity index (χ4v) is 3.46. The first-order chi connectivity index (χ1) is 14.9. The van der Waals surface area contributed by atoms with Crippen LogP contribution in [0.5, 0.6) is 5.75 Å². The Morgan fingerprint density at radius 2 is 1.71 bits per heavy atom. The molecule has 3 rings (SSSR count). The van der Waals surface area contributed by atoms with Crippen LogP contribution in [0.25, 0.3) is 0 Å². The van der Waals surface area contributed by atoms with E-state index in [1.807, 2.05) is 49.4 Å². The highest BCUT2D eigenvalue weighted by Gasteiger charge is 2.28. The van der Waals surface area contributed by atoms with Gasteiger partial charge in [-0.1, -0.05) is 42.5 Å². The van der Waals surface area contributed by atoms with Crippen molar-refractivity contribution in [3.05, 3.63) is 65.7 Å². The highest BCUT2D eigenvalue weighted by molar-refractivity contribution is 5.91. The van der Waals surface area contributed by atoms with Crippen molar-refractivity contribution < 1.29 is 29.0 Å². The number of rotatable bonds is 7. The molecule has 31 heavy (non-hydrogen) atoms. The van der Waals surface area contributed by atoms with Crippen LogP contribution >= 0.6 is 0 Å². The number of ether oxygens (including phenoxy) is 2. The maximum Gasteiger partial charge on any atom is 0.410 e. The van der Waals surface area contributed by atoms with E-state index < -0.39 is 18.4 Å². The van der Waals surface area contributed by atoms with Crippen LogP contribution in [0.2, 0.25) is 0 Å². The minimum atomic E-state index is -1.22. The van der Waals surface area contributed by atoms with Gasteiger partial charge in [0.25, 0.3) is 0 Å². The maximum atomic E-state index is 12.4. The number of amides is 1. The summed E-state index contributed by atoms with van der Waals surface area (Å²) in [5.41, 5.74) is 1.99. The summed E-state index contributed by atoms with van der Waals surface area (Å²) < 4.78 is 10.4. The minimum absolute atomic E-state index is 0.0215. The molecular formula is C23H26N2O6. The lowest BCUT2D eigenvalue weighted by atomic mass is 10.1. The van der Waals surface area contributed by atoms with Gasteiger partial charge in [-0.3, -0.25) is 14.5 Å². The van der Waals surface area contributed by atoms with Gasteiger partial charge in [-0.05, 0) is 30.2 Å². The molecule has 1 fully saturated rings. The Hall–Kier alpha value is -3.39. The van der Waals surface area contributed by atoms with Crippen LogP contribution in [0.4, 0.5) is 4.79 Å². The molecule has 164 valence electrons. The Balaban J connectivity index is 1.45. The van der Waals surface area contributed by atoms with Gasteiger partial charge in [0.1, 0.15) is 18.8 Å². The summed E-state index contributed by atoms with van der Waals surface area (Å²) in [4.78, 5) is 38.4. The van der Waals surface area contributed by atoms with E-state index in [1.165, 1.54) is 0 Å². The Bertz CT molecular complexity index is 900. The normalized spacial score (nSPS) is 16.5. The summed E-state index contributed by atoms with van der Waals surface area (Å²) in [6.07, 6.45) is -0.971. The van der Waals surface area contributed by atoms with Crippen molar-refractivity contribution in [3.8, 4) is 5.75 Å². The van der Waals surface area contributed by atoms with Crippen LogP contribution in [0.1, 0.15) is 24.5 Å². The molecule has 1 saturated heterocycles. The monoisotopic (exact) mass is 426 g/mol. The molecule has 2 aromatic carbocycles. The van der Waals surface area contributed by atoms with Gasteiger partial charge in [0, 0.05) is 32.2 Å². The lowest BCUT2D eigenvalue weighted by Gasteiger charge is -2.39. The van der Waals surface area contributed by atoms with Crippen LogP contribution in [0, 0.1) is 0 Å². The van der Waals surface area contributed by atoms with Gasteiger partial charge in [0.2, 0.25) is 0 Å². The summed E-state index contributed by atoms with van der Waals surface area (Å²) >= 11 is 0. The number of nitrogens with zero attached hydrogens (tertiary/aromatic N) is 2. The second kappa shape index (κ2) is 10.6. The van der Waals surface area contributed by atoms with Crippen molar-refractivity contribution in [1.82, 2.24) is 9.80 Å². The zero-order valence-corrected chi connectivity index (χ0v) is 17.4. The van der Waals surface area contributed by atoms with E-state index in [-0.39, 0.29) is 18.7 Å². The fourth-order valence-electron chi connectivity index (χ4n) is 3.46. The average Bonchev–Trinajstić information content (AvgIpc) is 2.74. The Labute approximate surface area is 181 Å². The molecule has 1 heterocycles. The van der Waals surface area contributed by atoms with Gasteiger partial charge in [-0.25, -0.2) is 4.79 Å². The van der Waals surface area contributed by atoms with Crippen LogP contribution in [0.3, 0.4) is 0 Å². The number of hydrogen-bond donors (Lipinski definition) is 1. The predicted octanol–water partition coefficient (Wildman–Crippen LogP) is 2.91. The molecule has 2 aromatic rings. The second-order valence-corrected chi connectivity index (χ2v) is 7.51. The lowest BCUT2D eigenvalue weighted by Crippen LogP contribution is -2.53. The van der Waals surface area contributed by atoms with E-state index in [0.717, 1.165) is 24.2 Å². The van der Waals surface area contributed by atoms with Crippen molar-refractivity contribution in [2.24, 2.45) is 0 Å². The molecular weight excluding hydrogens is 400 g/mol. The molecule has 0 radical (unpaired) electrons. The number of carboxylic acids is 1. The molecule has 8 heteroatoms. The lowest BCUT2D eigenvalue weighted by molar-refractivity contribution is -0.145. The molecule has 0 bridgehead atoms. The molecule has 0 aliphatic carbocycles. The van der Waals surface area contributed by atoms with Gasteiger partial charge in [-0.2, -0.15) is 0 Å². The molecule has 0 saturated carbocycles. The third-order valence-electron chi connectivity index (χ3n) is 5.01. The molecule has 0 unspecified atom stereocenters. The molecule has 8 nitrogen and oxygen atoms in total. The molecule has 1 aliphatic rings. The smallest absolute Gasteiger partial charge is 0.410 e. The van der Waals surface area contributed by atoms with Crippen molar-refractivity contribution >= 4 is 18.0 Å². The van der Waals surface area contributed by atoms with E-state index in [0.29, 0.717) is 18.8 Å². The summed E-state index contributed by atoms with van der Waals surface area (Å²) in [6.45, 7) is 4.98. The van der Waals surface area contributed by atoms with Crippen LogP contribution in [0.15, 0.2) is 54.6 Å². The first-order valence-electron chi connectivity index (χ1n) is 10.1. The number of carboxylic acid groups (broad SMARTS) is 1. The summed E-state index contributed by atoms with van der Waals surface area (Å²) in [7, 11) is 0. The van der Waals surface area contributed by atoms with Crippen molar-refractivity contribution in [3.63, 3.8) is 0 Å². The highest BCUT2D eigenvalue weighted by atomic mass is 16.6. The Morgan fingerprint density at radius 3 is 2.35 bits per heavy atom. The topological polar surface area (TPSA) is 96.4 Å². The Morgan fingerprint density at radius 1 is 1.00 bits per heavy atom. The average molecular weight is 426 g/mol. The SMILES string of the molecule is C[C@H]1CN(Cc2ccc(OC(=O)CC(=O)O)cc2)CCN1C(=O)OCc1ccccc1. The number of carbonyl (C=O) groups excluding carboxylic acids is 2. The van der Waals surface area contributed by atoms with Gasteiger partial charge in [0.05, 0.1) is 0 Å². The summed E-state index contributed by atoms with van der Waals surface area (Å²) in [5.74, 6) is -1.71. The molecule has 0 spiro atoms. The number of carbonyl (C=O) groups is 3. The van der Waals surface area contributed by atoms with Crippen molar-refractivity contribution in [2.75, 3.05) is 19.6 Å². The maximum absolute atomic E-state index is 12.4. The third kappa shape index (κ3) is 6.82. The minimum Gasteiger partial charge on any atom is -0.481 e. The summed E-state index contributed by atoms with van der Waals surface area (Å²) in [6, 6.07) is 16.6. The number of aliphatic carboxylic acids is 1. The van der Waals surface area contributed by atoms with E-state index in [9.17, 15) is 14.4 Å². The zero-order valence-electron chi connectivity index (χ0n) is 17.4. The van der Waals surface area contributed by atoms with E-state index >= 15 is 0 Å². The molecule has 1 amide bonds. The first-order valence-corrected chi connectivity index (χ1v) is 10.1. The number of piperazine rings is 1. The highest BCUT2D eigenvalue weighted by Crippen LogP contribution is 2.18. The third-order valence-corrected chi connectivity index (χ3v) is 5.01. The number of benzene rings is 2. The van der Waals surface area contributed by atoms with Crippen LogP contribution < -0.4 is 4.74 Å². The quantitative estimate of drug-likeness (QED) is 0.413. The largest absolute Gasteiger partial charge is 0.481 e. The van der Waals surface area contributed by atoms with E-state index in [4.69, 9.17) is 14.6 Å². The van der Waals surface area contributed by atoms with Gasteiger partial charge in [-0.15, -0.1) is 0 Å². The van der Waals surface area contributed by atoms with Crippen LogP contribution in [-0.4, -0.2) is 58.6 Å². The van der Waals surface area contributed by atoms with E-state index in [2.05, 4.69) is 4.90 Å². The van der Waals surface area contributed by atoms with Gasteiger partial charge in [0.15, 0.2) is 0 Å². The molecule has 1 N–H and O–H groups in total. The standard InChI is InChI=1S/C23H26N2O6/c1-17-14-24(11-12-25(17)23(29)30-16-19-5-3-2-4-6-19)15-18-7-9-20(10-8-18)31-22(28)13-21(26)27/h2-10,17H,11-16H2,1H3,(H,26,27)/t17-/m0/s1.